The zero-order valence-corrected chi connectivity index (χ0v) is 12.8. The number of aromatic nitrogens is 1. The fraction of sp³-hybridized carbons (Fsp3) is 0.118. The second kappa shape index (κ2) is 6.30. The second-order valence-electron chi connectivity index (χ2n) is 5.02. The van der Waals surface area contributed by atoms with Crippen molar-refractivity contribution in [2.75, 3.05) is 7.11 Å². The monoisotopic (exact) mass is 323 g/mol. The van der Waals surface area contributed by atoms with Crippen LogP contribution in [0.3, 0.4) is 0 Å². The molecule has 2 heterocycles. The lowest BCUT2D eigenvalue weighted by molar-refractivity contribution is -0.385. The highest BCUT2D eigenvalue weighted by molar-refractivity contribution is 5.65. The topological polar surface area (TPSA) is 89.8 Å². The third-order valence-electron chi connectivity index (χ3n) is 3.62. The number of fused-ring (bicyclic) bond motifs is 1. The first kappa shape index (κ1) is 15.4. The molecule has 0 N–H and O–H groups in total. The van der Waals surface area contributed by atoms with E-state index < -0.39 is 4.92 Å². The molecular weight excluding hydrogens is 310 g/mol. The molecule has 0 amide bonds. The largest absolute Gasteiger partial charge is 0.493 e. The maximum atomic E-state index is 10.9. The molecule has 0 atom stereocenters. The van der Waals surface area contributed by atoms with Gasteiger partial charge in [-0.25, -0.2) is 0 Å². The van der Waals surface area contributed by atoms with Gasteiger partial charge in [0.15, 0.2) is 11.5 Å². The Morgan fingerprint density at radius 3 is 2.83 bits per heavy atom. The number of ether oxygens (including phenoxy) is 2. The number of non-ortho nitro benzene ring substituents is 1. The number of nitro groups is 1. The van der Waals surface area contributed by atoms with Gasteiger partial charge in [-0.15, -0.1) is 0 Å². The molecule has 7 heteroatoms. The Morgan fingerprint density at radius 1 is 1.29 bits per heavy atom. The van der Waals surface area contributed by atoms with Crippen LogP contribution in [0.2, 0.25) is 0 Å². The smallest absolute Gasteiger partial charge is 0.273 e. The van der Waals surface area contributed by atoms with Crippen LogP contribution in [0.4, 0.5) is 5.69 Å². The SMILES string of the molecule is COc1ccc([N+](=O)[O-])cc1OCc1cn2ccccc2c1C#N. The van der Waals surface area contributed by atoms with E-state index in [4.69, 9.17) is 9.47 Å². The fourth-order valence-electron chi connectivity index (χ4n) is 2.46. The van der Waals surface area contributed by atoms with Crippen molar-refractivity contribution in [3.8, 4) is 17.6 Å². The van der Waals surface area contributed by atoms with Gasteiger partial charge in [-0.05, 0) is 18.2 Å². The van der Waals surface area contributed by atoms with Crippen LogP contribution in [0, 0.1) is 21.4 Å². The summed E-state index contributed by atoms with van der Waals surface area (Å²) in [7, 11) is 1.46. The molecule has 24 heavy (non-hydrogen) atoms. The summed E-state index contributed by atoms with van der Waals surface area (Å²) in [6.07, 6.45) is 3.64. The van der Waals surface area contributed by atoms with Crippen molar-refractivity contribution in [2.24, 2.45) is 0 Å². The fourth-order valence-corrected chi connectivity index (χ4v) is 2.46. The zero-order chi connectivity index (χ0) is 17.1. The molecule has 3 aromatic rings. The van der Waals surface area contributed by atoms with Crippen LogP contribution in [-0.4, -0.2) is 16.4 Å². The van der Waals surface area contributed by atoms with E-state index >= 15 is 0 Å². The van der Waals surface area contributed by atoms with Crippen LogP contribution in [0.1, 0.15) is 11.1 Å². The van der Waals surface area contributed by atoms with Crippen LogP contribution in [0.15, 0.2) is 48.8 Å². The average molecular weight is 323 g/mol. The minimum Gasteiger partial charge on any atom is -0.493 e. The van der Waals surface area contributed by atoms with Gasteiger partial charge in [0.1, 0.15) is 12.7 Å². The maximum absolute atomic E-state index is 10.9. The summed E-state index contributed by atoms with van der Waals surface area (Å²) in [5, 5.41) is 20.3. The molecule has 120 valence electrons. The summed E-state index contributed by atoms with van der Waals surface area (Å²) in [5.74, 6) is 0.647. The number of nitro benzene ring substituents is 1. The molecule has 0 saturated heterocycles. The third kappa shape index (κ3) is 2.73. The second-order valence-corrected chi connectivity index (χ2v) is 5.02. The van der Waals surface area contributed by atoms with Crippen molar-refractivity contribution in [3.05, 3.63) is 70.0 Å². The van der Waals surface area contributed by atoms with Crippen molar-refractivity contribution in [3.63, 3.8) is 0 Å². The van der Waals surface area contributed by atoms with Crippen LogP contribution in [-0.2, 0) is 6.61 Å². The lowest BCUT2D eigenvalue weighted by Crippen LogP contribution is -1.99. The van der Waals surface area contributed by atoms with Gasteiger partial charge in [0.2, 0.25) is 0 Å². The molecule has 0 bridgehead atoms. The van der Waals surface area contributed by atoms with Crippen LogP contribution < -0.4 is 9.47 Å². The molecule has 0 spiro atoms. The van der Waals surface area contributed by atoms with Crippen molar-refractivity contribution < 1.29 is 14.4 Å². The first-order valence-electron chi connectivity index (χ1n) is 7.08. The molecule has 0 unspecified atom stereocenters. The first-order valence-corrected chi connectivity index (χ1v) is 7.08. The molecule has 0 aliphatic carbocycles. The number of benzene rings is 1. The molecule has 1 aromatic carbocycles. The highest BCUT2D eigenvalue weighted by Crippen LogP contribution is 2.32. The molecular formula is C17H13N3O4. The number of nitriles is 1. The van der Waals surface area contributed by atoms with E-state index in [1.807, 2.05) is 28.8 Å². The predicted molar refractivity (Wildman–Crippen MR) is 86.1 cm³/mol. The Balaban J connectivity index is 1.92. The Bertz CT molecular complexity index is 956. The minimum absolute atomic E-state index is 0.0895. The summed E-state index contributed by atoms with van der Waals surface area (Å²) in [4.78, 5) is 10.4. The Morgan fingerprint density at radius 2 is 2.12 bits per heavy atom. The highest BCUT2D eigenvalue weighted by atomic mass is 16.6. The lowest BCUT2D eigenvalue weighted by atomic mass is 10.2. The number of pyridine rings is 1. The van der Waals surface area contributed by atoms with E-state index in [0.717, 1.165) is 5.52 Å². The van der Waals surface area contributed by atoms with Crippen molar-refractivity contribution in [1.29, 1.82) is 5.26 Å². The summed E-state index contributed by atoms with van der Waals surface area (Å²) in [6.45, 7) is 0.0993. The first-order chi connectivity index (χ1) is 11.6. The van der Waals surface area contributed by atoms with Gasteiger partial charge in [0, 0.05) is 24.0 Å². The van der Waals surface area contributed by atoms with Gasteiger partial charge >= 0.3 is 0 Å². The minimum atomic E-state index is -0.500. The average Bonchev–Trinajstić information content (AvgIpc) is 2.97. The van der Waals surface area contributed by atoms with Gasteiger partial charge in [-0.2, -0.15) is 5.26 Å². The maximum Gasteiger partial charge on any atom is 0.273 e. The third-order valence-corrected chi connectivity index (χ3v) is 3.62. The molecule has 0 saturated carbocycles. The van der Waals surface area contributed by atoms with Crippen LogP contribution >= 0.6 is 0 Å². The Labute approximate surface area is 137 Å². The summed E-state index contributed by atoms with van der Waals surface area (Å²) in [5.41, 5.74) is 1.90. The van der Waals surface area contributed by atoms with Crippen molar-refractivity contribution in [2.45, 2.75) is 6.61 Å². The molecule has 7 nitrogen and oxygen atoms in total. The van der Waals surface area contributed by atoms with E-state index in [9.17, 15) is 15.4 Å². The van der Waals surface area contributed by atoms with Crippen LogP contribution in [0.5, 0.6) is 11.5 Å². The molecule has 0 radical (unpaired) electrons. The van der Waals surface area contributed by atoms with Gasteiger partial charge in [-0.1, -0.05) is 6.07 Å². The molecule has 0 aliphatic rings. The number of methoxy groups -OCH3 is 1. The Kier molecular flexibility index (Phi) is 4.03. The Hall–Kier alpha value is -3.53. The molecule has 3 rings (SSSR count). The normalized spacial score (nSPS) is 10.3. The summed E-state index contributed by atoms with van der Waals surface area (Å²) < 4.78 is 12.7. The number of hydrogen-bond acceptors (Lipinski definition) is 5. The van der Waals surface area contributed by atoms with Crippen LogP contribution in [0.25, 0.3) is 5.52 Å². The quantitative estimate of drug-likeness (QED) is 0.531. The van der Waals surface area contributed by atoms with E-state index in [0.29, 0.717) is 16.9 Å². The summed E-state index contributed by atoms with van der Waals surface area (Å²) in [6, 6.07) is 11.9. The number of hydrogen-bond donors (Lipinski definition) is 0. The van der Waals surface area contributed by atoms with E-state index in [1.54, 1.807) is 6.20 Å². The standard InChI is InChI=1S/C17H13N3O4/c1-23-16-6-5-13(20(21)22)8-17(16)24-11-12-10-19-7-3-2-4-15(19)14(12)9-18/h2-8,10H,11H2,1H3. The molecule has 2 aromatic heterocycles. The molecule has 0 fully saturated rings. The van der Waals surface area contributed by atoms with E-state index in [1.165, 1.54) is 25.3 Å². The van der Waals surface area contributed by atoms with Gasteiger partial charge < -0.3 is 13.9 Å². The zero-order valence-electron chi connectivity index (χ0n) is 12.8. The van der Waals surface area contributed by atoms with E-state index in [2.05, 4.69) is 6.07 Å². The van der Waals surface area contributed by atoms with Crippen molar-refractivity contribution >= 4 is 11.2 Å². The lowest BCUT2D eigenvalue weighted by Gasteiger charge is -2.09. The summed E-state index contributed by atoms with van der Waals surface area (Å²) >= 11 is 0. The van der Waals surface area contributed by atoms with Gasteiger partial charge in [-0.3, -0.25) is 10.1 Å². The van der Waals surface area contributed by atoms with Gasteiger partial charge in [0.25, 0.3) is 5.69 Å². The van der Waals surface area contributed by atoms with E-state index in [-0.39, 0.29) is 18.0 Å². The molecule has 0 aliphatic heterocycles. The number of nitrogens with zero attached hydrogens (tertiary/aromatic N) is 3. The predicted octanol–water partition coefficient (Wildman–Crippen LogP) is 3.31. The van der Waals surface area contributed by atoms with Gasteiger partial charge in [0.05, 0.1) is 29.2 Å². The van der Waals surface area contributed by atoms with Crippen molar-refractivity contribution in [1.82, 2.24) is 4.40 Å². The number of rotatable bonds is 5. The highest BCUT2D eigenvalue weighted by Gasteiger charge is 2.15.